The lowest BCUT2D eigenvalue weighted by Crippen LogP contribution is -2.51. The quantitative estimate of drug-likeness (QED) is 0.126. The van der Waals surface area contributed by atoms with Crippen molar-refractivity contribution in [2.45, 2.75) is 76.5 Å². The van der Waals surface area contributed by atoms with Crippen molar-refractivity contribution in [2.24, 2.45) is 5.92 Å². The third-order valence-electron chi connectivity index (χ3n) is 12.9. The van der Waals surface area contributed by atoms with Gasteiger partial charge in [0, 0.05) is 13.1 Å². The highest BCUT2D eigenvalue weighted by Crippen LogP contribution is 2.40. The molecule has 2 aliphatic heterocycles. The number of hydrogen-bond acceptors (Lipinski definition) is 7. The molecule has 1 aliphatic carbocycles. The highest BCUT2D eigenvalue weighted by molar-refractivity contribution is 5.87. The minimum atomic E-state index is -0.676. The molecule has 6 aromatic rings. The first kappa shape index (κ1) is 40.2. The Bertz CT molecular complexity index is 2600. The minimum absolute atomic E-state index is 0.0940. The molecular formula is C49H54N8O4. The third kappa shape index (κ3) is 7.69. The summed E-state index contributed by atoms with van der Waals surface area (Å²) in [6.07, 6.45) is 6.60. The van der Waals surface area contributed by atoms with E-state index in [0.29, 0.717) is 13.1 Å². The molecule has 1 unspecified atom stereocenters. The van der Waals surface area contributed by atoms with E-state index < -0.39 is 12.1 Å². The molecule has 0 spiro atoms. The number of likely N-dealkylation sites (N-methyl/N-ethyl adjacent to an activating group) is 1. The van der Waals surface area contributed by atoms with Gasteiger partial charge < -0.3 is 29.8 Å². The molecule has 12 nitrogen and oxygen atoms in total. The number of aromatic nitrogens is 4. The van der Waals surface area contributed by atoms with Gasteiger partial charge in [-0.15, -0.1) is 0 Å². The van der Waals surface area contributed by atoms with Gasteiger partial charge in [0.2, 0.25) is 11.8 Å². The van der Waals surface area contributed by atoms with Gasteiger partial charge in [-0.25, -0.2) is 14.8 Å². The number of benzene rings is 4. The van der Waals surface area contributed by atoms with Crippen molar-refractivity contribution in [2.75, 3.05) is 34.3 Å². The van der Waals surface area contributed by atoms with E-state index in [9.17, 15) is 14.4 Å². The number of aryl methyl sites for hydroxylation is 2. The smallest absolute Gasteiger partial charge is 0.407 e. The maximum absolute atomic E-state index is 14.1. The van der Waals surface area contributed by atoms with Crippen LogP contribution in [0.15, 0.2) is 91.1 Å². The number of hydrogen-bond donors (Lipinski definition) is 3. The van der Waals surface area contributed by atoms with Crippen LogP contribution >= 0.6 is 0 Å². The summed E-state index contributed by atoms with van der Waals surface area (Å²) >= 11 is 0. The number of nitrogens with zero attached hydrogens (tertiary/aromatic N) is 5. The number of imidazole rings is 2. The molecule has 3 aliphatic rings. The second-order valence-electron chi connectivity index (χ2n) is 17.3. The maximum atomic E-state index is 14.1. The molecule has 4 atom stereocenters. The minimum Gasteiger partial charge on any atom is -0.453 e. The van der Waals surface area contributed by atoms with Crippen LogP contribution < -0.4 is 5.32 Å². The fourth-order valence-electron chi connectivity index (χ4n) is 9.72. The Morgan fingerprint density at radius 3 is 2.07 bits per heavy atom. The third-order valence-corrected chi connectivity index (χ3v) is 12.9. The molecule has 3 N–H and O–H groups in total. The zero-order valence-electron chi connectivity index (χ0n) is 35.6. The summed E-state index contributed by atoms with van der Waals surface area (Å²) in [5.74, 6) is 1.50. The highest BCUT2D eigenvalue weighted by atomic mass is 16.5. The number of amides is 3. The average Bonchev–Trinajstić information content (AvgIpc) is 4.11. The molecule has 3 amide bonds. The Hall–Kier alpha value is -6.27. The normalized spacial score (nSPS) is 18.3. The molecule has 0 radical (unpaired) electrons. The number of methoxy groups -OCH3 is 1. The van der Waals surface area contributed by atoms with Gasteiger partial charge in [0.25, 0.3) is 0 Å². The number of rotatable bonds is 10. The number of nitrogens with one attached hydrogen (secondary N) is 3. The number of aromatic amines is 2. The van der Waals surface area contributed by atoms with Crippen LogP contribution in [0.3, 0.4) is 0 Å². The summed E-state index contributed by atoms with van der Waals surface area (Å²) in [7, 11) is 5.23. The van der Waals surface area contributed by atoms with Crippen molar-refractivity contribution < 1.29 is 19.1 Å². The molecule has 4 heterocycles. The summed E-state index contributed by atoms with van der Waals surface area (Å²) < 4.78 is 4.79. The van der Waals surface area contributed by atoms with E-state index in [4.69, 9.17) is 14.7 Å². The van der Waals surface area contributed by atoms with Crippen molar-refractivity contribution >= 4 is 28.9 Å². The summed E-state index contributed by atoms with van der Waals surface area (Å²) in [6, 6.07) is 28.5. The predicted octanol–water partition coefficient (Wildman–Crippen LogP) is 8.40. The van der Waals surface area contributed by atoms with Crippen LogP contribution in [-0.4, -0.2) is 92.9 Å². The van der Waals surface area contributed by atoms with Gasteiger partial charge >= 0.3 is 6.09 Å². The van der Waals surface area contributed by atoms with Gasteiger partial charge in [0.05, 0.1) is 42.1 Å². The summed E-state index contributed by atoms with van der Waals surface area (Å²) in [5, 5.41) is 2.72. The largest absolute Gasteiger partial charge is 0.453 e. The van der Waals surface area contributed by atoms with Crippen LogP contribution in [0.4, 0.5) is 4.79 Å². The Kier molecular flexibility index (Phi) is 11.0. The standard InChI is InChI=1S/C49H54N8O4/c1-29(2)43(54-49(60)61-5)47(58)56-23-9-13-41(56)45-50-28-40(53-45)35-18-21-37-34(26-35)16-15-33-25-31(17-20-36(33)37)32-19-22-38-39(27-32)52-46(51-38)42-14-10-24-57(42)48(59)44(55(3)4)30-11-7-6-8-12-30/h6-8,11-12,17-22,25-29,41-44H,9-10,13-16,23-24H2,1-5H3,(H,50,53)(H,51,52)(H,54,60)/t41-,42-,43-,44?/m0/s1. The van der Waals surface area contributed by atoms with Gasteiger partial charge in [-0.1, -0.05) is 80.6 Å². The molecule has 12 heteroatoms. The van der Waals surface area contributed by atoms with E-state index in [1.165, 1.54) is 29.4 Å². The maximum Gasteiger partial charge on any atom is 0.407 e. The van der Waals surface area contributed by atoms with Crippen molar-refractivity contribution in [1.29, 1.82) is 0 Å². The summed E-state index contributed by atoms with van der Waals surface area (Å²) in [6.45, 7) is 5.17. The molecule has 2 fully saturated rings. The molecule has 0 bridgehead atoms. The first-order valence-corrected chi connectivity index (χ1v) is 21.6. The number of carbonyl (C=O) groups is 3. The predicted molar refractivity (Wildman–Crippen MR) is 236 cm³/mol. The fourth-order valence-corrected chi connectivity index (χ4v) is 9.72. The van der Waals surface area contributed by atoms with Crippen LogP contribution in [0.1, 0.15) is 86.0 Å². The number of carbonyl (C=O) groups excluding carboxylic acids is 3. The second-order valence-corrected chi connectivity index (χ2v) is 17.3. The Morgan fingerprint density at radius 2 is 1.39 bits per heavy atom. The van der Waals surface area contributed by atoms with Crippen molar-refractivity contribution in [3.8, 4) is 33.5 Å². The van der Waals surface area contributed by atoms with Gasteiger partial charge in [0.15, 0.2) is 0 Å². The number of fused-ring (bicyclic) bond motifs is 4. The van der Waals surface area contributed by atoms with Crippen LogP contribution in [0.25, 0.3) is 44.5 Å². The molecule has 2 saturated heterocycles. The van der Waals surface area contributed by atoms with Gasteiger partial charge in [-0.3, -0.25) is 14.5 Å². The van der Waals surface area contributed by atoms with E-state index in [1.807, 2.05) is 79.2 Å². The lowest BCUT2D eigenvalue weighted by Gasteiger charge is -2.31. The van der Waals surface area contributed by atoms with E-state index in [1.54, 1.807) is 0 Å². The monoisotopic (exact) mass is 818 g/mol. The molecule has 9 rings (SSSR count). The van der Waals surface area contributed by atoms with Gasteiger partial charge in [0.1, 0.15) is 23.7 Å². The van der Waals surface area contributed by atoms with Gasteiger partial charge in [-0.05, 0) is 121 Å². The second kappa shape index (κ2) is 16.6. The van der Waals surface area contributed by atoms with Crippen LogP contribution in [0.2, 0.25) is 0 Å². The number of likely N-dealkylation sites (tertiary alicyclic amines) is 2. The fraction of sp³-hybridized carbons (Fsp3) is 0.367. The molecular weight excluding hydrogens is 765 g/mol. The SMILES string of the molecule is COC(=O)N[C@H](C(=O)N1CCC[C@H]1c1ncc(-c2ccc3c(c2)CCc2cc(-c4ccc5nc([C@@H]6CCCN6C(=O)C(c6ccccc6)N(C)C)[nH]c5c4)ccc2-3)[nH]1)C(C)C. The molecule has 314 valence electrons. The summed E-state index contributed by atoms with van der Waals surface area (Å²) in [5.41, 5.74) is 12.3. The van der Waals surface area contributed by atoms with E-state index in [-0.39, 0.29) is 35.9 Å². The van der Waals surface area contributed by atoms with Crippen LogP contribution in [-0.2, 0) is 27.2 Å². The molecule has 2 aromatic heterocycles. The average molecular weight is 819 g/mol. The number of H-pyrrole nitrogens is 2. The van der Waals surface area contributed by atoms with Crippen molar-refractivity contribution in [3.63, 3.8) is 0 Å². The Labute approximate surface area is 356 Å². The lowest BCUT2D eigenvalue weighted by molar-refractivity contribution is -0.137. The first-order valence-electron chi connectivity index (χ1n) is 21.6. The van der Waals surface area contributed by atoms with Crippen molar-refractivity contribution in [1.82, 2.24) is 40.0 Å². The molecule has 61 heavy (non-hydrogen) atoms. The van der Waals surface area contributed by atoms with E-state index in [2.05, 4.69) is 69.9 Å². The van der Waals surface area contributed by atoms with Crippen molar-refractivity contribution in [3.05, 3.63) is 119 Å². The summed E-state index contributed by atoms with van der Waals surface area (Å²) in [4.78, 5) is 62.5. The zero-order valence-corrected chi connectivity index (χ0v) is 35.6. The van der Waals surface area contributed by atoms with E-state index >= 15 is 0 Å². The zero-order chi connectivity index (χ0) is 42.4. The molecule has 4 aromatic carbocycles. The van der Waals surface area contributed by atoms with Gasteiger partial charge in [-0.2, -0.15) is 0 Å². The van der Waals surface area contributed by atoms with Crippen LogP contribution in [0.5, 0.6) is 0 Å². The lowest BCUT2D eigenvalue weighted by atomic mass is 9.83. The Balaban J connectivity index is 0.910. The highest BCUT2D eigenvalue weighted by Gasteiger charge is 2.39. The van der Waals surface area contributed by atoms with E-state index in [0.717, 1.165) is 89.2 Å². The molecule has 0 saturated carbocycles. The first-order chi connectivity index (χ1) is 29.6. The number of alkyl carbamates (subject to hydrolysis) is 1. The topological polar surface area (TPSA) is 140 Å². The number of ether oxygens (including phenoxy) is 1. The van der Waals surface area contributed by atoms with Crippen LogP contribution in [0, 0.1) is 5.92 Å². The Morgan fingerprint density at radius 1 is 0.770 bits per heavy atom.